The maximum Gasteiger partial charge on any atom is 0.200 e. The van der Waals surface area contributed by atoms with Crippen LogP contribution in [0.2, 0.25) is 0 Å². The number of hydrogen-bond donors (Lipinski definition) is 6. The summed E-state index contributed by atoms with van der Waals surface area (Å²) in [7, 11) is 4.21. The van der Waals surface area contributed by atoms with Gasteiger partial charge < -0.3 is 59.1 Å². The highest BCUT2D eigenvalue weighted by Gasteiger charge is 2.42. The lowest BCUT2D eigenvalue weighted by Gasteiger charge is -2.38. The fourth-order valence-electron chi connectivity index (χ4n) is 4.26. The van der Waals surface area contributed by atoms with Crippen molar-refractivity contribution in [3.8, 4) is 28.7 Å². The predicted molar refractivity (Wildman–Crippen MR) is 137 cm³/mol. The molecule has 12 nitrogen and oxygen atoms in total. The zero-order valence-corrected chi connectivity index (χ0v) is 22.4. The average molecular weight is 555 g/mol. The zero-order valence-electron chi connectivity index (χ0n) is 22.4. The minimum absolute atomic E-state index is 0.0962. The molecule has 218 valence electrons. The van der Waals surface area contributed by atoms with Crippen molar-refractivity contribution in [1.29, 1.82) is 0 Å². The highest BCUT2D eigenvalue weighted by molar-refractivity contribution is 5.53. The van der Waals surface area contributed by atoms with Gasteiger partial charge in [-0.05, 0) is 55.2 Å². The quantitative estimate of drug-likeness (QED) is 0.191. The summed E-state index contributed by atoms with van der Waals surface area (Å²) in [5.41, 5.74) is 1.20. The number of rotatable bonds is 13. The molecule has 1 saturated heterocycles. The van der Waals surface area contributed by atoms with E-state index in [0.29, 0.717) is 29.9 Å². The van der Waals surface area contributed by atoms with Gasteiger partial charge >= 0.3 is 0 Å². The number of methoxy groups -OCH3 is 3. The molecule has 6 N–H and O–H groups in total. The molecule has 0 saturated carbocycles. The van der Waals surface area contributed by atoms with Gasteiger partial charge in [0.2, 0.25) is 5.75 Å². The summed E-state index contributed by atoms with van der Waals surface area (Å²) < 4.78 is 32.6. The number of phenols is 1. The molecule has 0 aliphatic carbocycles. The number of phenolic OH excluding ortho intramolecular Hbond substituents is 1. The maximum atomic E-state index is 10.9. The average Bonchev–Trinajstić information content (AvgIpc) is 2.95. The van der Waals surface area contributed by atoms with Crippen molar-refractivity contribution in [2.45, 2.75) is 62.7 Å². The molecule has 1 heterocycles. The molecule has 1 fully saturated rings. The lowest BCUT2D eigenvalue weighted by Crippen LogP contribution is -2.57. The molecule has 0 spiro atoms. The molecule has 12 heteroatoms. The van der Waals surface area contributed by atoms with Gasteiger partial charge in [-0.25, -0.2) is 0 Å². The van der Waals surface area contributed by atoms with Crippen molar-refractivity contribution in [3.63, 3.8) is 0 Å². The second-order valence-electron chi connectivity index (χ2n) is 9.20. The van der Waals surface area contributed by atoms with E-state index in [1.807, 2.05) is 0 Å². The molecular formula is C27H38O12. The van der Waals surface area contributed by atoms with Gasteiger partial charge in [-0.3, -0.25) is 0 Å². The Kier molecular flexibility index (Phi) is 11.0. The molecule has 1 aliphatic rings. The van der Waals surface area contributed by atoms with E-state index in [-0.39, 0.29) is 23.9 Å². The summed E-state index contributed by atoms with van der Waals surface area (Å²) in [6, 6.07) is 8.09. The zero-order chi connectivity index (χ0) is 28.7. The molecule has 39 heavy (non-hydrogen) atoms. The topological polar surface area (TPSA) is 177 Å². The van der Waals surface area contributed by atoms with Gasteiger partial charge in [-0.2, -0.15) is 0 Å². The number of benzene rings is 2. The van der Waals surface area contributed by atoms with Crippen LogP contribution in [0.25, 0.3) is 0 Å². The molecule has 2 aromatic rings. The minimum Gasteiger partial charge on any atom is -0.502 e. The van der Waals surface area contributed by atoms with E-state index in [0.717, 1.165) is 5.56 Å². The lowest BCUT2D eigenvalue weighted by molar-refractivity contribution is -0.293. The Morgan fingerprint density at radius 1 is 0.872 bits per heavy atom. The third-order valence-corrected chi connectivity index (χ3v) is 6.58. The van der Waals surface area contributed by atoms with Crippen LogP contribution in [0.1, 0.15) is 30.6 Å². The molecule has 0 radical (unpaired) electrons. The van der Waals surface area contributed by atoms with Crippen molar-refractivity contribution < 1.29 is 59.1 Å². The van der Waals surface area contributed by atoms with Crippen molar-refractivity contribution in [3.05, 3.63) is 41.5 Å². The summed E-state index contributed by atoms with van der Waals surface area (Å²) >= 11 is 0. The van der Waals surface area contributed by atoms with Gasteiger partial charge in [0.05, 0.1) is 40.6 Å². The summed E-state index contributed by atoms with van der Waals surface area (Å²) in [4.78, 5) is 0. The van der Waals surface area contributed by atoms with Crippen LogP contribution in [0.15, 0.2) is 30.3 Å². The Bertz CT molecular complexity index is 1040. The Balaban J connectivity index is 1.62. The van der Waals surface area contributed by atoms with Crippen LogP contribution in [0, 0.1) is 0 Å². The third-order valence-electron chi connectivity index (χ3n) is 6.58. The Labute approximate surface area is 226 Å². The normalized spacial score (nSPS) is 24.6. The van der Waals surface area contributed by atoms with Gasteiger partial charge in [0.1, 0.15) is 24.4 Å². The first-order valence-corrected chi connectivity index (χ1v) is 12.5. The summed E-state index contributed by atoms with van der Waals surface area (Å²) in [6.45, 7) is 1.30. The van der Waals surface area contributed by atoms with Gasteiger partial charge in [0.15, 0.2) is 35.4 Å². The molecule has 0 amide bonds. The molecule has 1 aliphatic heterocycles. The number of ether oxygens (including phenoxy) is 6. The van der Waals surface area contributed by atoms with Crippen LogP contribution in [0.3, 0.4) is 0 Å². The van der Waals surface area contributed by atoms with Crippen molar-refractivity contribution in [2.24, 2.45) is 0 Å². The van der Waals surface area contributed by atoms with Crippen LogP contribution in [-0.2, 0) is 15.9 Å². The number of aliphatic hydroxyl groups excluding tert-OH is 5. The van der Waals surface area contributed by atoms with Crippen molar-refractivity contribution in [2.75, 3.05) is 34.5 Å². The van der Waals surface area contributed by atoms with Crippen LogP contribution < -0.4 is 18.9 Å². The molecule has 0 aromatic heterocycles. The fourth-order valence-corrected chi connectivity index (χ4v) is 4.26. The van der Waals surface area contributed by atoms with E-state index in [9.17, 15) is 30.6 Å². The van der Waals surface area contributed by atoms with Crippen LogP contribution in [-0.4, -0.2) is 102 Å². The monoisotopic (exact) mass is 554 g/mol. The SMILES string of the molecule is COc1cc(CCCO[C@@H]2O[C@@H](C)[C@H](O)[C@@H](O)[C@H]2O)ccc1O[C@@H](CO)[C@H](O)c1cc(OC)c(O)c(OC)c1. The van der Waals surface area contributed by atoms with Crippen molar-refractivity contribution >= 4 is 0 Å². The summed E-state index contributed by atoms with van der Waals surface area (Å²) in [6.07, 6.45) is -6.84. The largest absolute Gasteiger partial charge is 0.502 e. The highest BCUT2D eigenvalue weighted by Crippen LogP contribution is 2.40. The Morgan fingerprint density at radius 2 is 1.51 bits per heavy atom. The maximum absolute atomic E-state index is 10.9. The second kappa shape index (κ2) is 14.0. The number of aryl methyl sites for hydroxylation is 1. The van der Waals surface area contributed by atoms with Crippen molar-refractivity contribution in [1.82, 2.24) is 0 Å². The highest BCUT2D eigenvalue weighted by atomic mass is 16.7. The molecule has 0 unspecified atom stereocenters. The molecule has 2 aromatic carbocycles. The third kappa shape index (κ3) is 7.22. The van der Waals surface area contributed by atoms with Crippen LogP contribution in [0.5, 0.6) is 28.7 Å². The Hall–Kier alpha value is -2.84. The smallest absolute Gasteiger partial charge is 0.200 e. The van der Waals surface area contributed by atoms with E-state index < -0.39 is 49.5 Å². The van der Waals surface area contributed by atoms with Gasteiger partial charge in [-0.15, -0.1) is 0 Å². The van der Waals surface area contributed by atoms with E-state index >= 15 is 0 Å². The lowest BCUT2D eigenvalue weighted by atomic mass is 10.00. The van der Waals surface area contributed by atoms with Gasteiger partial charge in [-0.1, -0.05) is 6.07 Å². The van der Waals surface area contributed by atoms with E-state index in [4.69, 9.17) is 28.4 Å². The van der Waals surface area contributed by atoms with Crippen LogP contribution in [0.4, 0.5) is 0 Å². The first kappa shape index (κ1) is 30.7. The molecule has 0 bridgehead atoms. The summed E-state index contributed by atoms with van der Waals surface area (Å²) in [5.74, 6) is 0.664. The fraction of sp³-hybridized carbons (Fsp3) is 0.556. The molecule has 7 atom stereocenters. The Morgan fingerprint density at radius 3 is 2.10 bits per heavy atom. The molecular weight excluding hydrogens is 516 g/mol. The van der Waals surface area contributed by atoms with Gasteiger partial charge in [0.25, 0.3) is 0 Å². The van der Waals surface area contributed by atoms with Gasteiger partial charge in [0, 0.05) is 0 Å². The first-order chi connectivity index (χ1) is 18.6. The molecule has 3 rings (SSSR count). The number of hydrogen-bond acceptors (Lipinski definition) is 12. The standard InChI is InChI=1S/C27H38O12/c1-14-22(29)25(32)26(33)27(38-14)37-9-5-6-15-7-8-17(18(10-15)34-2)39-21(13-28)23(30)16-11-19(35-3)24(31)20(12-16)36-4/h7-8,10-12,14,21-23,25-33H,5-6,9,13H2,1-4H3/t14-,21-,22-,23+,25+,26+,27+/m0/s1. The number of aliphatic hydroxyl groups is 5. The van der Waals surface area contributed by atoms with E-state index in [1.54, 1.807) is 25.1 Å². The van der Waals surface area contributed by atoms with E-state index in [2.05, 4.69) is 0 Å². The summed E-state index contributed by atoms with van der Waals surface area (Å²) in [5, 5.41) is 60.7. The first-order valence-electron chi connectivity index (χ1n) is 12.5. The van der Waals surface area contributed by atoms with Crippen LogP contribution >= 0.6 is 0 Å². The minimum atomic E-state index is -1.36. The number of aromatic hydroxyl groups is 1. The van der Waals surface area contributed by atoms with E-state index in [1.165, 1.54) is 33.5 Å². The second-order valence-corrected chi connectivity index (χ2v) is 9.20. The predicted octanol–water partition coefficient (Wildman–Crippen LogP) is 0.668.